The molecule has 0 saturated carbocycles. The molecule has 1 aromatic rings. The van der Waals surface area contributed by atoms with Crippen LogP contribution in [-0.4, -0.2) is 49.2 Å². The van der Waals surface area contributed by atoms with Gasteiger partial charge in [-0.25, -0.2) is 0 Å². The van der Waals surface area contributed by atoms with Gasteiger partial charge in [0.15, 0.2) is 5.75 Å². The van der Waals surface area contributed by atoms with E-state index in [4.69, 9.17) is 4.74 Å². The Morgan fingerprint density at radius 2 is 1.91 bits per heavy atom. The predicted molar refractivity (Wildman–Crippen MR) is 92.5 cm³/mol. The summed E-state index contributed by atoms with van der Waals surface area (Å²) in [5.41, 5.74) is 2.02. The smallest absolute Gasteiger partial charge is 0.311 e. The molecule has 0 unspecified atom stereocenters. The van der Waals surface area contributed by atoms with Crippen molar-refractivity contribution in [2.75, 3.05) is 32.1 Å². The fourth-order valence-electron chi connectivity index (χ4n) is 3.12. The van der Waals surface area contributed by atoms with E-state index >= 15 is 0 Å². The first kappa shape index (κ1) is 17.5. The Morgan fingerprint density at radius 1 is 1.30 bits per heavy atom. The first-order valence-corrected chi connectivity index (χ1v) is 8.16. The Hall–Kier alpha value is -1.82. The number of nitro benzene ring substituents is 1. The van der Waals surface area contributed by atoms with Crippen molar-refractivity contribution in [2.24, 2.45) is 0 Å². The highest BCUT2D eigenvalue weighted by Gasteiger charge is 2.25. The number of nitrogens with zero attached hydrogens (tertiary/aromatic N) is 3. The molecule has 1 saturated heterocycles. The van der Waals surface area contributed by atoms with E-state index in [2.05, 4.69) is 23.9 Å². The monoisotopic (exact) mass is 321 g/mol. The lowest BCUT2D eigenvalue weighted by molar-refractivity contribution is -0.386. The standard InChI is InChI=1S/C17H27N3O3/c1-12(2)23-17-11-15(13(3)10-16(17)20(21)22)19-8-6-14(7-9-19)18(4)5/h10-12,14H,6-9H2,1-5H3. The molecule has 0 aromatic heterocycles. The fourth-order valence-corrected chi connectivity index (χ4v) is 3.12. The van der Waals surface area contributed by atoms with Crippen LogP contribution >= 0.6 is 0 Å². The number of benzene rings is 1. The molecule has 6 heteroatoms. The molecule has 0 spiro atoms. The number of aryl methyl sites for hydroxylation is 1. The van der Waals surface area contributed by atoms with Gasteiger partial charge in [0.05, 0.1) is 11.0 Å². The summed E-state index contributed by atoms with van der Waals surface area (Å²) in [4.78, 5) is 15.5. The molecule has 1 aliphatic heterocycles. The van der Waals surface area contributed by atoms with E-state index in [9.17, 15) is 10.1 Å². The Kier molecular flexibility index (Phi) is 5.46. The van der Waals surface area contributed by atoms with Gasteiger partial charge in [0.25, 0.3) is 0 Å². The van der Waals surface area contributed by atoms with Crippen LogP contribution < -0.4 is 9.64 Å². The lowest BCUT2D eigenvalue weighted by atomic mass is 10.0. The van der Waals surface area contributed by atoms with Gasteiger partial charge < -0.3 is 14.5 Å². The maximum absolute atomic E-state index is 11.3. The summed E-state index contributed by atoms with van der Waals surface area (Å²) in [6.07, 6.45) is 2.11. The summed E-state index contributed by atoms with van der Waals surface area (Å²) < 4.78 is 5.68. The van der Waals surface area contributed by atoms with Crippen LogP contribution in [0.1, 0.15) is 32.3 Å². The molecule has 1 aliphatic rings. The minimum atomic E-state index is -0.368. The van der Waals surface area contributed by atoms with Crippen LogP contribution in [0.4, 0.5) is 11.4 Å². The minimum absolute atomic E-state index is 0.0446. The number of nitro groups is 1. The molecule has 0 bridgehead atoms. The third-order valence-corrected chi connectivity index (χ3v) is 4.37. The molecule has 6 nitrogen and oxygen atoms in total. The first-order valence-electron chi connectivity index (χ1n) is 8.16. The van der Waals surface area contributed by atoms with E-state index in [-0.39, 0.29) is 16.7 Å². The van der Waals surface area contributed by atoms with Gasteiger partial charge >= 0.3 is 5.69 Å². The number of hydrogen-bond donors (Lipinski definition) is 0. The van der Waals surface area contributed by atoms with E-state index in [1.807, 2.05) is 26.8 Å². The van der Waals surface area contributed by atoms with Gasteiger partial charge in [-0.15, -0.1) is 0 Å². The van der Waals surface area contributed by atoms with E-state index in [0.29, 0.717) is 11.8 Å². The Bertz CT molecular complexity index is 564. The average molecular weight is 321 g/mol. The molecule has 1 heterocycles. The van der Waals surface area contributed by atoms with Crippen LogP contribution in [0.2, 0.25) is 0 Å². The Morgan fingerprint density at radius 3 is 2.39 bits per heavy atom. The van der Waals surface area contributed by atoms with Crippen LogP contribution in [0.3, 0.4) is 0 Å². The van der Waals surface area contributed by atoms with Gasteiger partial charge in [-0.05, 0) is 53.3 Å². The molecular formula is C17H27N3O3. The third kappa shape index (κ3) is 4.13. The molecule has 1 aromatic carbocycles. The van der Waals surface area contributed by atoms with E-state index in [1.165, 1.54) is 0 Å². The highest BCUT2D eigenvalue weighted by atomic mass is 16.6. The molecule has 128 valence electrons. The van der Waals surface area contributed by atoms with E-state index in [1.54, 1.807) is 6.07 Å². The largest absolute Gasteiger partial charge is 0.484 e. The molecule has 23 heavy (non-hydrogen) atoms. The highest BCUT2D eigenvalue weighted by Crippen LogP contribution is 2.36. The van der Waals surface area contributed by atoms with Crippen molar-refractivity contribution in [3.8, 4) is 5.75 Å². The van der Waals surface area contributed by atoms with Crippen molar-refractivity contribution in [1.29, 1.82) is 0 Å². The van der Waals surface area contributed by atoms with Gasteiger partial charge in [-0.3, -0.25) is 10.1 Å². The van der Waals surface area contributed by atoms with Crippen LogP contribution in [0, 0.1) is 17.0 Å². The van der Waals surface area contributed by atoms with Crippen molar-refractivity contribution in [2.45, 2.75) is 45.8 Å². The molecular weight excluding hydrogens is 294 g/mol. The topological polar surface area (TPSA) is 58.9 Å². The quantitative estimate of drug-likeness (QED) is 0.615. The molecule has 0 N–H and O–H groups in total. The zero-order chi connectivity index (χ0) is 17.1. The van der Waals surface area contributed by atoms with Gasteiger partial charge in [-0.1, -0.05) is 0 Å². The SMILES string of the molecule is Cc1cc([N+](=O)[O-])c(OC(C)C)cc1N1CCC(N(C)C)CC1. The zero-order valence-electron chi connectivity index (χ0n) is 14.7. The summed E-state index contributed by atoms with van der Waals surface area (Å²) in [5, 5.41) is 11.3. The number of hydrogen-bond acceptors (Lipinski definition) is 5. The van der Waals surface area contributed by atoms with Crippen molar-refractivity contribution in [3.63, 3.8) is 0 Å². The normalized spacial score (nSPS) is 16.2. The summed E-state index contributed by atoms with van der Waals surface area (Å²) in [7, 11) is 4.23. The highest BCUT2D eigenvalue weighted by molar-refractivity contribution is 5.64. The third-order valence-electron chi connectivity index (χ3n) is 4.37. The number of rotatable bonds is 5. The van der Waals surface area contributed by atoms with E-state index < -0.39 is 0 Å². The molecule has 0 radical (unpaired) electrons. The minimum Gasteiger partial charge on any atom is -0.484 e. The Labute approximate surface area is 138 Å². The van der Waals surface area contributed by atoms with Crippen LogP contribution in [-0.2, 0) is 0 Å². The fraction of sp³-hybridized carbons (Fsp3) is 0.647. The molecule has 0 atom stereocenters. The number of ether oxygens (including phenoxy) is 1. The summed E-state index contributed by atoms with van der Waals surface area (Å²) in [6, 6.07) is 4.07. The molecule has 0 amide bonds. The van der Waals surface area contributed by atoms with Crippen molar-refractivity contribution >= 4 is 11.4 Å². The number of piperidine rings is 1. The van der Waals surface area contributed by atoms with Crippen molar-refractivity contribution < 1.29 is 9.66 Å². The van der Waals surface area contributed by atoms with Gasteiger partial charge in [0, 0.05) is 37.0 Å². The maximum Gasteiger partial charge on any atom is 0.311 e. The number of anilines is 1. The second-order valence-electron chi connectivity index (χ2n) is 6.71. The lowest BCUT2D eigenvalue weighted by Crippen LogP contribution is -2.42. The molecule has 1 fully saturated rings. The van der Waals surface area contributed by atoms with Gasteiger partial charge in [0.2, 0.25) is 0 Å². The molecule has 2 rings (SSSR count). The average Bonchev–Trinajstić information content (AvgIpc) is 2.48. The maximum atomic E-state index is 11.3. The van der Waals surface area contributed by atoms with Crippen molar-refractivity contribution in [3.05, 3.63) is 27.8 Å². The Balaban J connectivity index is 2.27. The van der Waals surface area contributed by atoms with Crippen LogP contribution in [0.5, 0.6) is 5.75 Å². The van der Waals surface area contributed by atoms with Crippen molar-refractivity contribution in [1.82, 2.24) is 4.90 Å². The zero-order valence-corrected chi connectivity index (χ0v) is 14.7. The summed E-state index contributed by atoms with van der Waals surface area (Å²) in [5.74, 6) is 0.361. The van der Waals surface area contributed by atoms with Crippen LogP contribution in [0.15, 0.2) is 12.1 Å². The summed E-state index contributed by atoms with van der Waals surface area (Å²) >= 11 is 0. The second kappa shape index (κ2) is 7.17. The van der Waals surface area contributed by atoms with Gasteiger partial charge in [0.1, 0.15) is 0 Å². The van der Waals surface area contributed by atoms with Crippen LogP contribution in [0.25, 0.3) is 0 Å². The molecule has 0 aliphatic carbocycles. The second-order valence-corrected chi connectivity index (χ2v) is 6.71. The van der Waals surface area contributed by atoms with E-state index in [0.717, 1.165) is 37.2 Å². The van der Waals surface area contributed by atoms with Gasteiger partial charge in [-0.2, -0.15) is 0 Å². The lowest BCUT2D eigenvalue weighted by Gasteiger charge is -2.37. The first-order chi connectivity index (χ1) is 10.8. The predicted octanol–water partition coefficient (Wildman–Crippen LogP) is 3.22. The summed E-state index contributed by atoms with van der Waals surface area (Å²) in [6.45, 7) is 7.61.